The van der Waals surface area contributed by atoms with Crippen LogP contribution in [0.25, 0.3) is 66.1 Å². The van der Waals surface area contributed by atoms with Gasteiger partial charge in [0.2, 0.25) is 0 Å². The Kier molecular flexibility index (Phi) is 7.20. The molecular weight excluding hydrogens is 719 g/mol. The highest BCUT2D eigenvalue weighted by Crippen LogP contribution is 2.58. The number of nitrogens with zero attached hydrogens (tertiary/aromatic N) is 1. The molecule has 9 aromatic rings. The average Bonchev–Trinajstić information content (AvgIpc) is 3.89. The van der Waals surface area contributed by atoms with E-state index < -0.39 is 0 Å². The molecule has 0 radical (unpaired) electrons. The van der Waals surface area contributed by atoms with Gasteiger partial charge in [-0.15, -0.1) is 0 Å². The summed E-state index contributed by atoms with van der Waals surface area (Å²) in [6.07, 6.45) is 0. The van der Waals surface area contributed by atoms with Crippen LogP contribution >= 0.6 is 0 Å². The number of furan rings is 2. The van der Waals surface area contributed by atoms with E-state index >= 15 is 0 Å². The normalized spacial score (nSPS) is 15.2. The van der Waals surface area contributed by atoms with E-state index in [9.17, 15) is 0 Å². The molecule has 0 atom stereocenters. The monoisotopic (exact) mass is 769 g/mol. The third-order valence-electron chi connectivity index (χ3n) is 13.7. The summed E-state index contributed by atoms with van der Waals surface area (Å²) in [4.78, 5) is 2.50. The first-order valence-corrected chi connectivity index (χ1v) is 21.2. The second kappa shape index (κ2) is 11.8. The van der Waals surface area contributed by atoms with E-state index in [0.717, 1.165) is 50.2 Å². The van der Waals surface area contributed by atoms with Crippen LogP contribution in [0.1, 0.15) is 103 Å². The molecule has 2 aliphatic carbocycles. The summed E-state index contributed by atoms with van der Waals surface area (Å²) in [7, 11) is 0. The molecule has 2 aromatic heterocycles. The summed E-state index contributed by atoms with van der Waals surface area (Å²) >= 11 is 0. The number of hydrogen-bond donors (Lipinski definition) is 0. The zero-order chi connectivity index (χ0) is 41.0. The Morgan fingerprint density at radius 3 is 1.93 bits per heavy atom. The van der Waals surface area contributed by atoms with Gasteiger partial charge in [-0.3, -0.25) is 0 Å². The van der Waals surface area contributed by atoms with Gasteiger partial charge in [0.15, 0.2) is 0 Å². The van der Waals surface area contributed by atoms with Gasteiger partial charge in [0.1, 0.15) is 22.3 Å². The number of benzene rings is 7. The van der Waals surface area contributed by atoms with Crippen LogP contribution in [0, 0.1) is 0 Å². The Bertz CT molecular complexity index is 3240. The Hall–Kier alpha value is -6.06. The molecule has 59 heavy (non-hydrogen) atoms. The van der Waals surface area contributed by atoms with Gasteiger partial charge in [-0.05, 0) is 110 Å². The van der Waals surface area contributed by atoms with Gasteiger partial charge in [0, 0.05) is 54.9 Å². The highest BCUT2D eigenvalue weighted by atomic mass is 16.3. The summed E-state index contributed by atoms with van der Waals surface area (Å²) in [5.74, 6) is 0. The minimum Gasteiger partial charge on any atom is -0.456 e. The predicted octanol–water partition coefficient (Wildman–Crippen LogP) is 16.2. The lowest BCUT2D eigenvalue weighted by Gasteiger charge is -2.30. The molecule has 0 amide bonds. The number of fused-ring (bicyclic) bond motifs is 13. The fraction of sp³-hybridized carbons (Fsp3) is 0.250. The van der Waals surface area contributed by atoms with Crippen LogP contribution in [-0.2, 0) is 21.7 Å². The topological polar surface area (TPSA) is 29.5 Å². The summed E-state index contributed by atoms with van der Waals surface area (Å²) in [6, 6.07) is 47.4. The molecular formula is C56H51NO2. The smallest absolute Gasteiger partial charge is 0.139 e. The van der Waals surface area contributed by atoms with Crippen molar-refractivity contribution in [3.63, 3.8) is 0 Å². The summed E-state index contributed by atoms with van der Waals surface area (Å²) in [5.41, 5.74) is 19.7. The molecule has 0 spiro atoms. The highest BCUT2D eigenvalue weighted by molar-refractivity contribution is 6.14. The quantitative estimate of drug-likeness (QED) is 0.179. The third-order valence-corrected chi connectivity index (χ3v) is 13.7. The lowest BCUT2D eigenvalue weighted by molar-refractivity contribution is 0.559. The van der Waals surface area contributed by atoms with Crippen molar-refractivity contribution in [3.8, 4) is 22.3 Å². The molecule has 3 heteroatoms. The van der Waals surface area contributed by atoms with Crippen molar-refractivity contribution in [1.29, 1.82) is 0 Å². The Morgan fingerprint density at radius 1 is 0.475 bits per heavy atom. The molecule has 0 bridgehead atoms. The maximum absolute atomic E-state index is 6.95. The number of hydrogen-bond acceptors (Lipinski definition) is 3. The van der Waals surface area contributed by atoms with E-state index in [4.69, 9.17) is 8.83 Å². The largest absolute Gasteiger partial charge is 0.456 e. The van der Waals surface area contributed by atoms with E-state index in [0.29, 0.717) is 0 Å². The molecule has 0 unspecified atom stereocenters. The Labute approximate surface area is 347 Å². The summed E-state index contributed by atoms with van der Waals surface area (Å²) in [6.45, 7) is 23.4. The molecule has 0 fully saturated rings. The predicted molar refractivity (Wildman–Crippen MR) is 248 cm³/mol. The lowest BCUT2D eigenvalue weighted by Crippen LogP contribution is -2.18. The lowest BCUT2D eigenvalue weighted by atomic mass is 9.77. The second-order valence-electron chi connectivity index (χ2n) is 20.2. The van der Waals surface area contributed by atoms with Crippen LogP contribution in [0.3, 0.4) is 0 Å². The molecule has 0 saturated carbocycles. The first-order valence-electron chi connectivity index (χ1n) is 21.2. The second-order valence-corrected chi connectivity index (χ2v) is 20.2. The van der Waals surface area contributed by atoms with Crippen LogP contribution in [0.5, 0.6) is 0 Å². The zero-order valence-electron chi connectivity index (χ0n) is 35.9. The minimum atomic E-state index is -0.297. The molecule has 2 heterocycles. The highest BCUT2D eigenvalue weighted by Gasteiger charge is 2.42. The molecule has 3 nitrogen and oxygen atoms in total. The molecule has 0 saturated heterocycles. The number of para-hydroxylation sites is 1. The van der Waals surface area contributed by atoms with E-state index in [1.54, 1.807) is 0 Å². The van der Waals surface area contributed by atoms with Crippen molar-refractivity contribution in [3.05, 3.63) is 161 Å². The Morgan fingerprint density at radius 2 is 1.14 bits per heavy atom. The first-order chi connectivity index (χ1) is 28.0. The summed E-state index contributed by atoms with van der Waals surface area (Å²) in [5, 5.41) is 4.68. The van der Waals surface area contributed by atoms with Crippen LogP contribution in [0.2, 0.25) is 0 Å². The van der Waals surface area contributed by atoms with E-state index in [1.165, 1.54) is 66.4 Å². The van der Waals surface area contributed by atoms with Gasteiger partial charge in [-0.2, -0.15) is 0 Å². The van der Waals surface area contributed by atoms with Gasteiger partial charge >= 0.3 is 0 Å². The van der Waals surface area contributed by atoms with Crippen LogP contribution < -0.4 is 4.90 Å². The van der Waals surface area contributed by atoms with Crippen molar-refractivity contribution in [2.45, 2.75) is 90.9 Å². The van der Waals surface area contributed by atoms with Gasteiger partial charge < -0.3 is 13.7 Å². The Balaban J connectivity index is 1.20. The van der Waals surface area contributed by atoms with Gasteiger partial charge in [0.25, 0.3) is 0 Å². The average molecular weight is 770 g/mol. The fourth-order valence-electron chi connectivity index (χ4n) is 10.6. The van der Waals surface area contributed by atoms with Crippen molar-refractivity contribution >= 4 is 60.9 Å². The molecule has 292 valence electrons. The molecule has 2 aliphatic rings. The standard InChI is InChI=1S/C56H51NO2/c1-53(2,3)32-28-40-50-48(59-52(40)44(29-32)54(4,5)6)27-25-38-49-42(56(9,10)51(38)50)19-15-20-45(49)57(33-23-26-47-39(30-33)37-17-12-14-21-46(37)58-47)34-22-24-36-35-16-11-13-18-41(35)55(7,8)43(36)31-34/h11-31H,1-10H3. The first kappa shape index (κ1) is 36.1. The SMILES string of the molecule is CC(C)(C)c1cc(C(C)(C)C)c2oc3ccc4c(c3c2c1)C(C)(C)c1cccc(N(c2ccc3c(c2)C(C)(C)c2ccccc2-3)c2ccc3oc5ccccc5c3c2)c1-4. The summed E-state index contributed by atoms with van der Waals surface area (Å²) < 4.78 is 13.3. The van der Waals surface area contributed by atoms with Gasteiger partial charge in [0.05, 0.1) is 5.69 Å². The number of rotatable bonds is 3. The van der Waals surface area contributed by atoms with Gasteiger partial charge in [-0.25, -0.2) is 0 Å². The van der Waals surface area contributed by atoms with Crippen molar-refractivity contribution < 1.29 is 8.83 Å². The van der Waals surface area contributed by atoms with E-state index in [-0.39, 0.29) is 21.7 Å². The zero-order valence-corrected chi connectivity index (χ0v) is 35.9. The van der Waals surface area contributed by atoms with Gasteiger partial charge in [-0.1, -0.05) is 142 Å². The van der Waals surface area contributed by atoms with Crippen molar-refractivity contribution in [2.24, 2.45) is 0 Å². The molecule has 11 rings (SSSR count). The number of anilines is 3. The van der Waals surface area contributed by atoms with Crippen LogP contribution in [0.4, 0.5) is 17.1 Å². The molecule has 0 N–H and O–H groups in total. The van der Waals surface area contributed by atoms with E-state index in [1.807, 2.05) is 6.07 Å². The van der Waals surface area contributed by atoms with E-state index in [2.05, 4.69) is 195 Å². The van der Waals surface area contributed by atoms with Crippen LogP contribution in [-0.4, -0.2) is 0 Å². The van der Waals surface area contributed by atoms with Crippen molar-refractivity contribution in [2.75, 3.05) is 4.90 Å². The minimum absolute atomic E-state index is 0.0188. The third kappa shape index (κ3) is 5.00. The molecule has 7 aromatic carbocycles. The van der Waals surface area contributed by atoms with Crippen LogP contribution in [0.15, 0.2) is 136 Å². The molecule has 0 aliphatic heterocycles. The maximum Gasteiger partial charge on any atom is 0.139 e. The fourth-order valence-corrected chi connectivity index (χ4v) is 10.6. The van der Waals surface area contributed by atoms with Crippen molar-refractivity contribution in [1.82, 2.24) is 0 Å². The maximum atomic E-state index is 6.95.